The minimum atomic E-state index is 0.818. The van der Waals surface area contributed by atoms with Gasteiger partial charge in [-0.2, -0.15) is 0 Å². The Morgan fingerprint density at radius 2 is 2.00 bits per heavy atom. The number of rotatable bonds is 1. The molecule has 0 unspecified atom stereocenters. The van der Waals surface area contributed by atoms with E-state index in [-0.39, 0.29) is 0 Å². The second kappa shape index (κ2) is 4.34. The molecule has 0 aliphatic rings. The molecule has 2 aromatic rings. The van der Waals surface area contributed by atoms with Crippen LogP contribution in [0.5, 0.6) is 0 Å². The summed E-state index contributed by atoms with van der Waals surface area (Å²) in [4.78, 5) is 4.64. The van der Waals surface area contributed by atoms with Crippen LogP contribution in [0.25, 0.3) is 10.9 Å². The van der Waals surface area contributed by atoms with Gasteiger partial charge in [-0.1, -0.05) is 34.5 Å². The molecule has 0 bridgehead atoms. The van der Waals surface area contributed by atoms with E-state index in [2.05, 4.69) is 33.9 Å². The summed E-state index contributed by atoms with van der Waals surface area (Å²) in [6, 6.07) is 4.15. The lowest BCUT2D eigenvalue weighted by molar-refractivity contribution is 1.12. The van der Waals surface area contributed by atoms with Crippen molar-refractivity contribution in [2.45, 2.75) is 27.2 Å². The smallest absolute Gasteiger partial charge is 0.0753 e. The lowest BCUT2D eigenvalue weighted by atomic mass is 10.0. The molecule has 0 aliphatic heterocycles. The van der Waals surface area contributed by atoms with Crippen LogP contribution >= 0.6 is 27.5 Å². The Morgan fingerprint density at radius 1 is 1.31 bits per heavy atom. The van der Waals surface area contributed by atoms with Crippen LogP contribution in [0.2, 0.25) is 5.02 Å². The van der Waals surface area contributed by atoms with Crippen LogP contribution in [0.1, 0.15) is 23.7 Å². The minimum absolute atomic E-state index is 0.818. The van der Waals surface area contributed by atoms with Crippen LogP contribution in [-0.2, 0) is 6.42 Å². The van der Waals surface area contributed by atoms with Crippen molar-refractivity contribution in [3.05, 3.63) is 38.4 Å². The standard InChI is InChI=1S/C13H13BrClN/c1-4-9-5-10(14)6-11-12(15)7(2)8(3)16-13(9)11/h5-6H,4H2,1-3H3. The first-order chi connectivity index (χ1) is 7.54. The third-order valence-corrected chi connectivity index (χ3v) is 3.87. The van der Waals surface area contributed by atoms with E-state index in [1.54, 1.807) is 0 Å². The lowest BCUT2D eigenvalue weighted by Crippen LogP contribution is -1.94. The third kappa shape index (κ3) is 1.85. The van der Waals surface area contributed by atoms with Gasteiger partial charge >= 0.3 is 0 Å². The molecule has 1 aromatic carbocycles. The zero-order valence-corrected chi connectivity index (χ0v) is 11.9. The van der Waals surface area contributed by atoms with Gasteiger partial charge in [0.2, 0.25) is 0 Å². The number of halogens is 2. The van der Waals surface area contributed by atoms with Gasteiger partial charge in [0.05, 0.1) is 10.5 Å². The summed E-state index contributed by atoms with van der Waals surface area (Å²) in [6.07, 6.45) is 0.960. The van der Waals surface area contributed by atoms with E-state index in [0.29, 0.717) is 0 Å². The Labute approximate surface area is 109 Å². The highest BCUT2D eigenvalue weighted by Crippen LogP contribution is 2.32. The molecular weight excluding hydrogens is 286 g/mol. The fourth-order valence-electron chi connectivity index (χ4n) is 1.84. The topological polar surface area (TPSA) is 12.9 Å². The molecule has 3 heteroatoms. The number of hydrogen-bond donors (Lipinski definition) is 0. The molecule has 84 valence electrons. The zero-order valence-electron chi connectivity index (χ0n) is 9.56. The summed E-state index contributed by atoms with van der Waals surface area (Å²) in [6.45, 7) is 6.14. The number of aryl methyl sites for hydroxylation is 2. The van der Waals surface area contributed by atoms with Crippen molar-refractivity contribution in [3.63, 3.8) is 0 Å². The first-order valence-electron chi connectivity index (χ1n) is 5.29. The second-order valence-electron chi connectivity index (χ2n) is 3.95. The molecule has 0 N–H and O–H groups in total. The largest absolute Gasteiger partial charge is 0.252 e. The van der Waals surface area contributed by atoms with E-state index < -0.39 is 0 Å². The number of nitrogens with zero attached hydrogens (tertiary/aromatic N) is 1. The van der Waals surface area contributed by atoms with Gasteiger partial charge in [0, 0.05) is 15.6 Å². The fraction of sp³-hybridized carbons (Fsp3) is 0.308. The minimum Gasteiger partial charge on any atom is -0.252 e. The molecule has 0 atom stereocenters. The van der Waals surface area contributed by atoms with Crippen LogP contribution in [0.15, 0.2) is 16.6 Å². The maximum absolute atomic E-state index is 6.37. The zero-order chi connectivity index (χ0) is 11.9. The van der Waals surface area contributed by atoms with Crippen molar-refractivity contribution in [3.8, 4) is 0 Å². The number of pyridine rings is 1. The molecular formula is C13H13BrClN. The summed E-state index contributed by atoms with van der Waals surface area (Å²) in [7, 11) is 0. The molecule has 0 saturated carbocycles. The molecule has 2 rings (SSSR count). The number of fused-ring (bicyclic) bond motifs is 1. The Morgan fingerprint density at radius 3 is 2.62 bits per heavy atom. The molecule has 1 heterocycles. The highest BCUT2D eigenvalue weighted by atomic mass is 79.9. The quantitative estimate of drug-likeness (QED) is 0.735. The molecule has 1 aromatic heterocycles. The number of aromatic nitrogens is 1. The second-order valence-corrected chi connectivity index (χ2v) is 5.24. The van der Waals surface area contributed by atoms with Crippen molar-refractivity contribution in [1.29, 1.82) is 0 Å². The predicted octanol–water partition coefficient (Wildman–Crippen LogP) is 4.83. The van der Waals surface area contributed by atoms with Gasteiger partial charge in [-0.3, -0.25) is 4.98 Å². The van der Waals surface area contributed by atoms with E-state index in [9.17, 15) is 0 Å². The van der Waals surface area contributed by atoms with Crippen molar-refractivity contribution >= 4 is 38.4 Å². The molecule has 0 aliphatic carbocycles. The van der Waals surface area contributed by atoms with Gasteiger partial charge in [0.1, 0.15) is 0 Å². The van der Waals surface area contributed by atoms with E-state index >= 15 is 0 Å². The molecule has 0 fully saturated rings. The maximum atomic E-state index is 6.37. The predicted molar refractivity (Wildman–Crippen MR) is 73.3 cm³/mol. The van der Waals surface area contributed by atoms with Gasteiger partial charge in [-0.25, -0.2) is 0 Å². The average Bonchev–Trinajstić information content (AvgIpc) is 2.26. The molecule has 0 radical (unpaired) electrons. The highest BCUT2D eigenvalue weighted by Gasteiger charge is 2.10. The monoisotopic (exact) mass is 297 g/mol. The van der Waals surface area contributed by atoms with Gasteiger partial charge in [0.25, 0.3) is 0 Å². The van der Waals surface area contributed by atoms with Gasteiger partial charge < -0.3 is 0 Å². The van der Waals surface area contributed by atoms with E-state index in [4.69, 9.17) is 11.6 Å². The van der Waals surface area contributed by atoms with Crippen molar-refractivity contribution < 1.29 is 0 Å². The Balaban J connectivity index is 2.94. The summed E-state index contributed by atoms with van der Waals surface area (Å²) >= 11 is 9.89. The van der Waals surface area contributed by atoms with Gasteiger partial charge in [-0.15, -0.1) is 0 Å². The van der Waals surface area contributed by atoms with Gasteiger partial charge in [-0.05, 0) is 43.5 Å². The average molecular weight is 299 g/mol. The molecule has 0 spiro atoms. The van der Waals surface area contributed by atoms with E-state index in [1.165, 1.54) is 5.56 Å². The first kappa shape index (κ1) is 11.9. The number of hydrogen-bond acceptors (Lipinski definition) is 1. The molecule has 0 amide bonds. The van der Waals surface area contributed by atoms with Crippen LogP contribution in [0, 0.1) is 13.8 Å². The number of benzene rings is 1. The van der Waals surface area contributed by atoms with Crippen molar-refractivity contribution in [2.24, 2.45) is 0 Å². The molecule has 1 nitrogen and oxygen atoms in total. The Kier molecular flexibility index (Phi) is 3.22. The Hall–Kier alpha value is -0.600. The highest BCUT2D eigenvalue weighted by molar-refractivity contribution is 9.10. The lowest BCUT2D eigenvalue weighted by Gasteiger charge is -2.10. The van der Waals surface area contributed by atoms with Crippen LogP contribution in [0.3, 0.4) is 0 Å². The first-order valence-corrected chi connectivity index (χ1v) is 6.46. The van der Waals surface area contributed by atoms with Gasteiger partial charge in [0.15, 0.2) is 0 Å². The summed E-state index contributed by atoms with van der Waals surface area (Å²) in [5.74, 6) is 0. The van der Waals surface area contributed by atoms with Crippen LogP contribution < -0.4 is 0 Å². The SMILES string of the molecule is CCc1cc(Br)cc2c(Cl)c(C)c(C)nc12. The summed E-state index contributed by atoms with van der Waals surface area (Å²) in [5, 5.41) is 1.86. The molecule has 16 heavy (non-hydrogen) atoms. The van der Waals surface area contributed by atoms with E-state index in [1.807, 2.05) is 19.9 Å². The fourth-order valence-corrected chi connectivity index (χ4v) is 2.62. The third-order valence-electron chi connectivity index (χ3n) is 2.92. The van der Waals surface area contributed by atoms with E-state index in [0.717, 1.165) is 38.1 Å². The normalized spacial score (nSPS) is 11.1. The van der Waals surface area contributed by atoms with Crippen molar-refractivity contribution in [1.82, 2.24) is 4.98 Å². The van der Waals surface area contributed by atoms with Crippen molar-refractivity contribution in [2.75, 3.05) is 0 Å². The Bertz CT molecular complexity index is 564. The van der Waals surface area contributed by atoms with Crippen LogP contribution in [-0.4, -0.2) is 4.98 Å². The molecule has 0 saturated heterocycles. The maximum Gasteiger partial charge on any atom is 0.0753 e. The van der Waals surface area contributed by atoms with Crippen LogP contribution in [0.4, 0.5) is 0 Å². The summed E-state index contributed by atoms with van der Waals surface area (Å²) < 4.78 is 1.06. The summed E-state index contributed by atoms with van der Waals surface area (Å²) in [5.41, 5.74) is 4.33.